The first-order valence-corrected chi connectivity index (χ1v) is 12.3. The third kappa shape index (κ3) is 5.36. The molecule has 5 rings (SSSR count). The first kappa shape index (κ1) is 24.6. The highest BCUT2D eigenvalue weighted by Crippen LogP contribution is 2.30. The van der Waals surface area contributed by atoms with E-state index in [-0.39, 0.29) is 23.7 Å². The molecule has 0 aliphatic carbocycles. The molecule has 1 aliphatic heterocycles. The highest BCUT2D eigenvalue weighted by atomic mass is 16.5. The number of esters is 1. The van der Waals surface area contributed by atoms with E-state index >= 15 is 0 Å². The van der Waals surface area contributed by atoms with E-state index < -0.39 is 5.97 Å². The molecule has 1 saturated heterocycles. The Kier molecular flexibility index (Phi) is 6.96. The molecule has 2 aromatic heterocycles. The van der Waals surface area contributed by atoms with Crippen molar-refractivity contribution in [3.8, 4) is 0 Å². The van der Waals surface area contributed by atoms with Crippen LogP contribution < -0.4 is 5.32 Å². The van der Waals surface area contributed by atoms with Crippen molar-refractivity contribution in [2.24, 2.45) is 0 Å². The Labute approximate surface area is 215 Å². The molecule has 9 heteroatoms. The van der Waals surface area contributed by atoms with Crippen LogP contribution in [0.2, 0.25) is 0 Å². The van der Waals surface area contributed by atoms with E-state index in [1.807, 2.05) is 36.4 Å². The summed E-state index contributed by atoms with van der Waals surface area (Å²) in [6, 6.07) is 17.8. The van der Waals surface area contributed by atoms with E-state index in [9.17, 15) is 9.59 Å². The van der Waals surface area contributed by atoms with Gasteiger partial charge < -0.3 is 10.1 Å². The number of hydrogen-bond donors (Lipinski definition) is 1. The zero-order chi connectivity index (χ0) is 25.9. The van der Waals surface area contributed by atoms with Crippen molar-refractivity contribution < 1.29 is 14.3 Å². The number of hydrogen-bond acceptors (Lipinski definition) is 7. The maximum absolute atomic E-state index is 13.5. The van der Waals surface area contributed by atoms with Gasteiger partial charge in [0.05, 0.1) is 43.1 Å². The van der Waals surface area contributed by atoms with Crippen molar-refractivity contribution in [3.63, 3.8) is 0 Å². The van der Waals surface area contributed by atoms with Gasteiger partial charge in [-0.05, 0) is 43.5 Å². The van der Waals surface area contributed by atoms with E-state index in [2.05, 4.69) is 57.6 Å². The minimum absolute atomic E-state index is 0.0592. The summed E-state index contributed by atoms with van der Waals surface area (Å²) < 4.78 is 6.43. The third-order valence-corrected chi connectivity index (χ3v) is 6.94. The number of nitrogens with one attached hydrogen (secondary N) is 1. The molecule has 190 valence electrons. The maximum atomic E-state index is 13.5. The van der Waals surface area contributed by atoms with Gasteiger partial charge in [0, 0.05) is 18.5 Å². The van der Waals surface area contributed by atoms with Gasteiger partial charge in [-0.1, -0.05) is 53.2 Å². The van der Waals surface area contributed by atoms with Crippen molar-refractivity contribution in [2.75, 3.05) is 13.7 Å². The van der Waals surface area contributed by atoms with Crippen LogP contribution in [-0.2, 0) is 22.6 Å². The van der Waals surface area contributed by atoms with Gasteiger partial charge in [-0.3, -0.25) is 14.7 Å². The Balaban J connectivity index is 1.35. The van der Waals surface area contributed by atoms with Gasteiger partial charge in [0.2, 0.25) is 5.91 Å². The highest BCUT2D eigenvalue weighted by molar-refractivity contribution is 5.86. The van der Waals surface area contributed by atoms with Crippen LogP contribution in [0.15, 0.2) is 60.8 Å². The van der Waals surface area contributed by atoms with E-state index in [1.165, 1.54) is 23.8 Å². The molecule has 4 aromatic rings. The zero-order valence-corrected chi connectivity index (χ0v) is 21.2. The van der Waals surface area contributed by atoms with E-state index in [0.717, 1.165) is 16.6 Å². The Morgan fingerprint density at radius 3 is 2.78 bits per heavy atom. The van der Waals surface area contributed by atoms with Crippen molar-refractivity contribution in [1.29, 1.82) is 0 Å². The van der Waals surface area contributed by atoms with Crippen LogP contribution in [-0.4, -0.2) is 56.5 Å². The second kappa shape index (κ2) is 10.5. The molecule has 2 atom stereocenters. The lowest BCUT2D eigenvalue weighted by Crippen LogP contribution is -2.42. The number of rotatable bonds is 7. The second-order valence-corrected chi connectivity index (χ2v) is 9.55. The van der Waals surface area contributed by atoms with Gasteiger partial charge in [-0.25, -0.2) is 9.48 Å². The van der Waals surface area contributed by atoms with Gasteiger partial charge in [0.1, 0.15) is 0 Å². The Morgan fingerprint density at radius 2 is 1.95 bits per heavy atom. The number of amides is 1. The predicted molar refractivity (Wildman–Crippen MR) is 139 cm³/mol. The lowest BCUT2D eigenvalue weighted by atomic mass is 10.0. The number of fused-ring (bicyclic) bond motifs is 1. The number of pyridine rings is 1. The number of methoxy groups -OCH3 is 1. The van der Waals surface area contributed by atoms with Gasteiger partial charge >= 0.3 is 5.97 Å². The summed E-state index contributed by atoms with van der Waals surface area (Å²) in [7, 11) is 1.31. The van der Waals surface area contributed by atoms with E-state index in [1.54, 1.807) is 10.9 Å². The van der Waals surface area contributed by atoms with Crippen molar-refractivity contribution in [1.82, 2.24) is 30.2 Å². The van der Waals surface area contributed by atoms with Crippen LogP contribution in [0.5, 0.6) is 0 Å². The smallest absolute Gasteiger partial charge is 0.360 e. The molecular formula is C28H30N6O3. The first-order valence-electron chi connectivity index (χ1n) is 12.3. The lowest BCUT2D eigenvalue weighted by molar-refractivity contribution is -0.125. The number of aromatic nitrogens is 4. The lowest BCUT2D eigenvalue weighted by Gasteiger charge is -2.24. The summed E-state index contributed by atoms with van der Waals surface area (Å²) in [6.07, 6.45) is 2.14. The number of carbonyl (C=O) groups excluding carboxylic acids is 2. The first-order chi connectivity index (χ1) is 17.9. The number of ether oxygens (including phenoxy) is 1. The Hall–Kier alpha value is -4.11. The van der Waals surface area contributed by atoms with Gasteiger partial charge in [-0.2, -0.15) is 0 Å². The quantitative estimate of drug-likeness (QED) is 0.390. The summed E-state index contributed by atoms with van der Waals surface area (Å²) in [6.45, 7) is 5.74. The van der Waals surface area contributed by atoms with Crippen LogP contribution in [0.4, 0.5) is 0 Å². The fraction of sp³-hybridized carbons (Fsp3) is 0.321. The van der Waals surface area contributed by atoms with Crippen LogP contribution in [0.1, 0.15) is 45.3 Å². The SMILES string of the molecule is COC(=O)c1cn([C@@H]2C[C@@H](C(=O)NCc3ccc4ccccc4n3)N(Cc3cc(C)ccc3C)C2)nn1. The minimum Gasteiger partial charge on any atom is -0.464 e. The Morgan fingerprint density at radius 1 is 1.11 bits per heavy atom. The van der Waals surface area contributed by atoms with Crippen LogP contribution in [0.25, 0.3) is 10.9 Å². The standard InChI is InChI=1S/C28H30N6O3/c1-18-8-9-19(2)21(12-18)15-33-16-23(34-17-25(31-32-34)28(36)37-3)13-26(33)27(35)29-14-22-11-10-20-6-4-5-7-24(20)30-22/h4-12,17,23,26H,13-16H2,1-3H3,(H,29,35)/t23-,26+/m1/s1. The Bertz CT molecular complexity index is 1450. The number of likely N-dealkylation sites (tertiary alicyclic amines) is 1. The molecule has 9 nitrogen and oxygen atoms in total. The van der Waals surface area contributed by atoms with E-state index in [0.29, 0.717) is 26.1 Å². The van der Waals surface area contributed by atoms with Crippen LogP contribution in [0.3, 0.4) is 0 Å². The zero-order valence-electron chi connectivity index (χ0n) is 21.2. The normalized spacial score (nSPS) is 17.7. The van der Waals surface area contributed by atoms with Gasteiger partial charge in [-0.15, -0.1) is 5.10 Å². The summed E-state index contributed by atoms with van der Waals surface area (Å²) in [4.78, 5) is 32.2. The summed E-state index contributed by atoms with van der Waals surface area (Å²) in [5.41, 5.74) is 5.41. The molecule has 1 fully saturated rings. The molecule has 0 spiro atoms. The minimum atomic E-state index is -0.534. The van der Waals surface area contributed by atoms with E-state index in [4.69, 9.17) is 4.74 Å². The molecule has 0 radical (unpaired) electrons. The maximum Gasteiger partial charge on any atom is 0.360 e. The number of nitrogens with zero attached hydrogens (tertiary/aromatic N) is 5. The van der Waals surface area contributed by atoms with Crippen molar-refractivity contribution >= 4 is 22.8 Å². The van der Waals surface area contributed by atoms with Crippen LogP contribution in [0, 0.1) is 13.8 Å². The third-order valence-electron chi connectivity index (χ3n) is 6.94. The number of para-hydroxylation sites is 1. The average molecular weight is 499 g/mol. The molecule has 0 bridgehead atoms. The molecule has 0 saturated carbocycles. The molecule has 1 amide bonds. The number of benzene rings is 2. The molecule has 37 heavy (non-hydrogen) atoms. The fourth-order valence-corrected chi connectivity index (χ4v) is 4.86. The fourth-order valence-electron chi connectivity index (χ4n) is 4.86. The summed E-state index contributed by atoms with van der Waals surface area (Å²) in [5, 5.41) is 12.3. The van der Waals surface area contributed by atoms with Gasteiger partial charge in [0.15, 0.2) is 5.69 Å². The highest BCUT2D eigenvalue weighted by Gasteiger charge is 2.38. The summed E-state index contributed by atoms with van der Waals surface area (Å²) in [5.74, 6) is -0.593. The molecule has 1 N–H and O–H groups in total. The average Bonchev–Trinajstić information content (AvgIpc) is 3.56. The largest absolute Gasteiger partial charge is 0.464 e. The number of aryl methyl sites for hydroxylation is 2. The second-order valence-electron chi connectivity index (χ2n) is 9.55. The topological polar surface area (TPSA) is 102 Å². The molecular weight excluding hydrogens is 468 g/mol. The monoisotopic (exact) mass is 498 g/mol. The van der Waals surface area contributed by atoms with Crippen LogP contribution >= 0.6 is 0 Å². The molecule has 0 unspecified atom stereocenters. The van der Waals surface area contributed by atoms with Crippen molar-refractivity contribution in [2.45, 2.75) is 45.4 Å². The molecule has 3 heterocycles. The molecule has 1 aliphatic rings. The van der Waals surface area contributed by atoms with Gasteiger partial charge in [0.25, 0.3) is 0 Å². The van der Waals surface area contributed by atoms with Crippen molar-refractivity contribution in [3.05, 3.63) is 88.9 Å². The molecule has 2 aromatic carbocycles. The number of carbonyl (C=O) groups is 2. The predicted octanol–water partition coefficient (Wildman–Crippen LogP) is 3.36. The summed E-state index contributed by atoms with van der Waals surface area (Å²) >= 11 is 0.